The van der Waals surface area contributed by atoms with E-state index in [9.17, 15) is 8.78 Å². The molecule has 0 fully saturated rings. The first kappa shape index (κ1) is 10.1. The summed E-state index contributed by atoms with van der Waals surface area (Å²) in [5, 5.41) is 0. The van der Waals surface area contributed by atoms with E-state index < -0.39 is 0 Å². The van der Waals surface area contributed by atoms with Crippen LogP contribution in [0, 0.1) is 18.6 Å². The lowest BCUT2D eigenvalue weighted by Gasteiger charge is -2.13. The van der Waals surface area contributed by atoms with Crippen molar-refractivity contribution in [1.82, 2.24) is 4.90 Å². The number of hydrogen-bond donors (Lipinski definition) is 0. The molecule has 0 heterocycles. The Morgan fingerprint density at radius 2 is 1.69 bits per heavy atom. The van der Waals surface area contributed by atoms with Crippen LogP contribution < -0.4 is 0 Å². The van der Waals surface area contributed by atoms with Gasteiger partial charge in [-0.1, -0.05) is 0 Å². The first-order valence-corrected chi connectivity index (χ1v) is 4.10. The third-order valence-electron chi connectivity index (χ3n) is 1.95. The second kappa shape index (κ2) is 3.83. The van der Waals surface area contributed by atoms with E-state index >= 15 is 0 Å². The number of hydrogen-bond acceptors (Lipinski definition) is 1. The molecular weight excluding hydrogens is 172 g/mol. The average molecular weight is 185 g/mol. The van der Waals surface area contributed by atoms with E-state index in [0.29, 0.717) is 17.7 Å². The second-order valence-corrected chi connectivity index (χ2v) is 3.37. The Bertz CT molecular complexity index is 308. The van der Waals surface area contributed by atoms with E-state index in [4.69, 9.17) is 0 Å². The summed E-state index contributed by atoms with van der Waals surface area (Å²) >= 11 is 0. The molecule has 0 radical (unpaired) electrons. The molecule has 1 nitrogen and oxygen atoms in total. The number of rotatable bonds is 2. The first-order valence-electron chi connectivity index (χ1n) is 4.10. The van der Waals surface area contributed by atoms with Gasteiger partial charge in [0.1, 0.15) is 11.6 Å². The molecule has 0 unspecified atom stereocenters. The maximum absolute atomic E-state index is 13.2. The monoisotopic (exact) mass is 185 g/mol. The van der Waals surface area contributed by atoms with E-state index in [0.717, 1.165) is 6.07 Å². The van der Waals surface area contributed by atoms with Gasteiger partial charge in [-0.05, 0) is 38.7 Å². The van der Waals surface area contributed by atoms with Crippen molar-refractivity contribution in [3.63, 3.8) is 0 Å². The third-order valence-corrected chi connectivity index (χ3v) is 1.95. The van der Waals surface area contributed by atoms with Crippen LogP contribution in [0.2, 0.25) is 0 Å². The highest BCUT2D eigenvalue weighted by molar-refractivity contribution is 5.28. The lowest BCUT2D eigenvalue weighted by atomic mass is 10.1. The van der Waals surface area contributed by atoms with Crippen molar-refractivity contribution in [2.75, 3.05) is 14.1 Å². The Balaban J connectivity index is 3.10. The van der Waals surface area contributed by atoms with Crippen molar-refractivity contribution in [3.05, 3.63) is 34.9 Å². The smallest absolute Gasteiger partial charge is 0.128 e. The van der Waals surface area contributed by atoms with Gasteiger partial charge in [-0.15, -0.1) is 0 Å². The molecule has 3 heteroatoms. The Kier molecular flexibility index (Phi) is 2.98. The lowest BCUT2D eigenvalue weighted by molar-refractivity contribution is 0.389. The van der Waals surface area contributed by atoms with Crippen LogP contribution in [0.4, 0.5) is 8.78 Å². The van der Waals surface area contributed by atoms with Gasteiger partial charge in [0.25, 0.3) is 0 Å². The fourth-order valence-electron chi connectivity index (χ4n) is 1.21. The van der Waals surface area contributed by atoms with Crippen molar-refractivity contribution in [3.8, 4) is 0 Å². The van der Waals surface area contributed by atoms with Gasteiger partial charge in [0.05, 0.1) is 0 Å². The SMILES string of the molecule is Cc1c(F)ccc(F)c1CN(C)C. The van der Waals surface area contributed by atoms with Gasteiger partial charge < -0.3 is 4.90 Å². The van der Waals surface area contributed by atoms with Crippen molar-refractivity contribution >= 4 is 0 Å². The minimum absolute atomic E-state index is 0.340. The number of halogens is 2. The molecule has 0 bridgehead atoms. The maximum atomic E-state index is 13.2. The number of nitrogens with zero attached hydrogens (tertiary/aromatic N) is 1. The number of benzene rings is 1. The predicted octanol–water partition coefficient (Wildman–Crippen LogP) is 2.33. The molecular formula is C10H13F2N. The summed E-state index contributed by atoms with van der Waals surface area (Å²) in [5.41, 5.74) is 0.832. The zero-order valence-corrected chi connectivity index (χ0v) is 8.06. The molecule has 0 saturated carbocycles. The Hall–Kier alpha value is -0.960. The molecule has 0 saturated heterocycles. The molecule has 0 atom stereocenters. The summed E-state index contributed by atoms with van der Waals surface area (Å²) in [4.78, 5) is 1.81. The van der Waals surface area contributed by atoms with E-state index in [-0.39, 0.29) is 11.6 Å². The zero-order valence-electron chi connectivity index (χ0n) is 8.06. The van der Waals surface area contributed by atoms with Crippen LogP contribution in [0.15, 0.2) is 12.1 Å². The van der Waals surface area contributed by atoms with Crippen LogP contribution >= 0.6 is 0 Å². The largest absolute Gasteiger partial charge is 0.305 e. The van der Waals surface area contributed by atoms with Crippen molar-refractivity contribution in [2.45, 2.75) is 13.5 Å². The van der Waals surface area contributed by atoms with E-state index in [1.165, 1.54) is 6.07 Å². The van der Waals surface area contributed by atoms with Crippen LogP contribution in [-0.4, -0.2) is 19.0 Å². The van der Waals surface area contributed by atoms with Gasteiger partial charge in [0.15, 0.2) is 0 Å². The van der Waals surface area contributed by atoms with Gasteiger partial charge in [-0.2, -0.15) is 0 Å². The summed E-state index contributed by atoms with van der Waals surface area (Å²) < 4.78 is 26.2. The topological polar surface area (TPSA) is 3.24 Å². The highest BCUT2D eigenvalue weighted by Crippen LogP contribution is 2.17. The molecule has 0 amide bonds. The molecule has 1 aromatic rings. The maximum Gasteiger partial charge on any atom is 0.128 e. The molecule has 0 N–H and O–H groups in total. The Labute approximate surface area is 77.0 Å². The fraction of sp³-hybridized carbons (Fsp3) is 0.400. The van der Waals surface area contributed by atoms with Crippen LogP contribution in [0.3, 0.4) is 0 Å². The van der Waals surface area contributed by atoms with E-state index in [1.807, 2.05) is 19.0 Å². The third kappa shape index (κ3) is 2.25. The van der Waals surface area contributed by atoms with Gasteiger partial charge in [-0.3, -0.25) is 0 Å². The summed E-state index contributed by atoms with van der Waals surface area (Å²) in [6, 6.07) is 2.32. The zero-order chi connectivity index (χ0) is 10.0. The minimum atomic E-state index is -0.349. The van der Waals surface area contributed by atoms with Gasteiger partial charge in [0.2, 0.25) is 0 Å². The second-order valence-electron chi connectivity index (χ2n) is 3.37. The summed E-state index contributed by atoms with van der Waals surface area (Å²) in [6.07, 6.45) is 0. The quantitative estimate of drug-likeness (QED) is 0.683. The lowest BCUT2D eigenvalue weighted by Crippen LogP contribution is -2.13. The van der Waals surface area contributed by atoms with E-state index in [2.05, 4.69) is 0 Å². The minimum Gasteiger partial charge on any atom is -0.305 e. The molecule has 72 valence electrons. The Morgan fingerprint density at radius 1 is 1.15 bits per heavy atom. The predicted molar refractivity (Wildman–Crippen MR) is 48.5 cm³/mol. The normalized spacial score (nSPS) is 10.9. The van der Waals surface area contributed by atoms with Crippen LogP contribution in [0.5, 0.6) is 0 Å². The van der Waals surface area contributed by atoms with Crippen molar-refractivity contribution < 1.29 is 8.78 Å². The van der Waals surface area contributed by atoms with Crippen LogP contribution in [0.25, 0.3) is 0 Å². The molecule has 0 aliphatic heterocycles. The first-order chi connectivity index (χ1) is 6.02. The molecule has 0 aliphatic rings. The highest BCUT2D eigenvalue weighted by Gasteiger charge is 2.10. The standard InChI is InChI=1S/C10H13F2N/c1-7-8(6-13(2)3)10(12)5-4-9(7)11/h4-5H,6H2,1-3H3. The molecule has 0 aliphatic carbocycles. The van der Waals surface area contributed by atoms with Crippen LogP contribution in [0.1, 0.15) is 11.1 Å². The molecule has 1 rings (SSSR count). The highest BCUT2D eigenvalue weighted by atomic mass is 19.1. The summed E-state index contributed by atoms with van der Waals surface area (Å²) in [5.74, 6) is -0.689. The molecule has 1 aromatic carbocycles. The molecule has 0 aromatic heterocycles. The van der Waals surface area contributed by atoms with E-state index in [1.54, 1.807) is 6.92 Å². The summed E-state index contributed by atoms with van der Waals surface area (Å²) in [6.45, 7) is 2.02. The summed E-state index contributed by atoms with van der Waals surface area (Å²) in [7, 11) is 3.65. The average Bonchev–Trinajstić information content (AvgIpc) is 2.05. The van der Waals surface area contributed by atoms with Gasteiger partial charge in [-0.25, -0.2) is 8.78 Å². The van der Waals surface area contributed by atoms with Crippen LogP contribution in [-0.2, 0) is 6.54 Å². The van der Waals surface area contributed by atoms with Gasteiger partial charge in [0, 0.05) is 12.1 Å². The molecule has 13 heavy (non-hydrogen) atoms. The fourth-order valence-corrected chi connectivity index (χ4v) is 1.21. The molecule has 0 spiro atoms. The van der Waals surface area contributed by atoms with Crippen molar-refractivity contribution in [2.24, 2.45) is 0 Å². The van der Waals surface area contributed by atoms with Gasteiger partial charge >= 0.3 is 0 Å². The Morgan fingerprint density at radius 3 is 2.23 bits per heavy atom. The van der Waals surface area contributed by atoms with Crippen molar-refractivity contribution in [1.29, 1.82) is 0 Å².